The Kier molecular flexibility index (Phi) is 3.92. The van der Waals surface area contributed by atoms with E-state index in [0.717, 1.165) is 13.0 Å². The van der Waals surface area contributed by atoms with E-state index in [0.29, 0.717) is 43.0 Å². The topological polar surface area (TPSA) is 55.6 Å². The van der Waals surface area contributed by atoms with Crippen LogP contribution in [0.2, 0.25) is 0 Å². The summed E-state index contributed by atoms with van der Waals surface area (Å²) >= 11 is 5.18. The third kappa shape index (κ3) is 2.26. The molecule has 5 heteroatoms. The van der Waals surface area contributed by atoms with Crippen LogP contribution < -0.4 is 5.73 Å². The van der Waals surface area contributed by atoms with Gasteiger partial charge in [-0.3, -0.25) is 4.79 Å². The van der Waals surface area contributed by atoms with Crippen LogP contribution in [0.25, 0.3) is 0 Å². The van der Waals surface area contributed by atoms with Crippen LogP contribution in [-0.4, -0.2) is 41.6 Å². The van der Waals surface area contributed by atoms with Crippen molar-refractivity contribution in [3.63, 3.8) is 0 Å². The number of rotatable bonds is 2. The summed E-state index contributed by atoms with van der Waals surface area (Å²) < 4.78 is 5.35. The molecule has 2 heterocycles. The van der Waals surface area contributed by atoms with Crippen LogP contribution in [0.4, 0.5) is 0 Å². The molecule has 2 aliphatic heterocycles. The van der Waals surface area contributed by atoms with E-state index < -0.39 is 5.41 Å². The Balaban J connectivity index is 2.21. The summed E-state index contributed by atoms with van der Waals surface area (Å²) in [7, 11) is 0. The van der Waals surface area contributed by atoms with E-state index in [1.165, 1.54) is 0 Å². The summed E-state index contributed by atoms with van der Waals surface area (Å²) in [6.07, 6.45) is 2.31. The lowest BCUT2D eigenvalue weighted by molar-refractivity contribution is -0.143. The number of nitrogens with two attached hydrogens (primary N) is 1. The summed E-state index contributed by atoms with van der Waals surface area (Å²) in [5.74, 6) is 0.683. The van der Waals surface area contributed by atoms with Crippen LogP contribution in [0, 0.1) is 11.3 Å². The summed E-state index contributed by atoms with van der Waals surface area (Å²) in [5, 5.41) is 0. The van der Waals surface area contributed by atoms with Gasteiger partial charge in [0, 0.05) is 25.8 Å². The molecule has 0 aromatic heterocycles. The zero-order valence-corrected chi connectivity index (χ0v) is 12.0. The van der Waals surface area contributed by atoms with Gasteiger partial charge in [0.05, 0.1) is 4.99 Å². The maximum atomic E-state index is 12.8. The minimum absolute atomic E-state index is 0.121. The number of nitrogens with zero attached hydrogens (tertiary/aromatic N) is 1. The van der Waals surface area contributed by atoms with Gasteiger partial charge in [-0.2, -0.15) is 0 Å². The average molecular weight is 270 g/mol. The molecule has 2 aliphatic rings. The molecule has 4 nitrogen and oxygen atoms in total. The molecule has 0 radical (unpaired) electrons. The Morgan fingerprint density at radius 2 is 2.00 bits per heavy atom. The second kappa shape index (κ2) is 5.13. The minimum atomic E-state index is -0.661. The van der Waals surface area contributed by atoms with E-state index in [-0.39, 0.29) is 5.91 Å². The van der Waals surface area contributed by atoms with Crippen molar-refractivity contribution in [2.75, 3.05) is 19.8 Å². The third-order valence-electron chi connectivity index (χ3n) is 4.27. The Morgan fingerprint density at radius 1 is 1.39 bits per heavy atom. The van der Waals surface area contributed by atoms with E-state index in [1.54, 1.807) is 0 Å². The Labute approximate surface area is 114 Å². The molecule has 2 atom stereocenters. The number of hydrogen-bond donors (Lipinski definition) is 1. The Hall–Kier alpha value is -0.680. The zero-order valence-electron chi connectivity index (χ0n) is 11.1. The number of hydrogen-bond acceptors (Lipinski definition) is 3. The molecule has 18 heavy (non-hydrogen) atoms. The molecule has 0 bridgehead atoms. The van der Waals surface area contributed by atoms with Crippen molar-refractivity contribution in [3.8, 4) is 0 Å². The normalized spacial score (nSPS) is 31.3. The van der Waals surface area contributed by atoms with Crippen LogP contribution in [0.15, 0.2) is 0 Å². The fourth-order valence-corrected chi connectivity index (χ4v) is 3.43. The highest BCUT2D eigenvalue weighted by Gasteiger charge is 2.47. The number of carbonyl (C=O) groups excluding carboxylic acids is 1. The molecule has 2 unspecified atom stereocenters. The lowest BCUT2D eigenvalue weighted by atomic mass is 9.78. The lowest BCUT2D eigenvalue weighted by Crippen LogP contribution is -2.54. The smallest absolute Gasteiger partial charge is 0.236 e. The van der Waals surface area contributed by atoms with Crippen molar-refractivity contribution < 1.29 is 9.53 Å². The molecule has 1 amide bonds. The van der Waals surface area contributed by atoms with Crippen molar-refractivity contribution in [3.05, 3.63) is 0 Å². The molecule has 0 aliphatic carbocycles. The van der Waals surface area contributed by atoms with E-state index in [1.807, 2.05) is 4.90 Å². The average Bonchev–Trinajstić information content (AvgIpc) is 2.68. The Bertz CT molecular complexity index is 353. The van der Waals surface area contributed by atoms with Crippen molar-refractivity contribution >= 4 is 23.1 Å². The van der Waals surface area contributed by atoms with Gasteiger partial charge in [0.25, 0.3) is 0 Å². The van der Waals surface area contributed by atoms with Gasteiger partial charge in [0.15, 0.2) is 0 Å². The first kappa shape index (κ1) is 13.7. The molecule has 2 rings (SSSR count). The van der Waals surface area contributed by atoms with Crippen molar-refractivity contribution in [1.29, 1.82) is 0 Å². The summed E-state index contributed by atoms with van der Waals surface area (Å²) in [5.41, 5.74) is 5.22. The van der Waals surface area contributed by atoms with Crippen LogP contribution in [-0.2, 0) is 9.53 Å². The fraction of sp³-hybridized carbons (Fsp3) is 0.846. The van der Waals surface area contributed by atoms with Crippen LogP contribution >= 0.6 is 12.2 Å². The van der Waals surface area contributed by atoms with Gasteiger partial charge < -0.3 is 15.4 Å². The number of thiocarbonyl (C=S) groups is 1. The van der Waals surface area contributed by atoms with Crippen LogP contribution in [0.3, 0.4) is 0 Å². The maximum absolute atomic E-state index is 12.8. The highest BCUT2D eigenvalue weighted by atomic mass is 32.1. The minimum Gasteiger partial charge on any atom is -0.392 e. The lowest BCUT2D eigenvalue weighted by Gasteiger charge is -2.39. The van der Waals surface area contributed by atoms with Crippen LogP contribution in [0.1, 0.15) is 33.1 Å². The molecule has 2 saturated heterocycles. The maximum Gasteiger partial charge on any atom is 0.236 e. The van der Waals surface area contributed by atoms with Crippen molar-refractivity contribution in [2.24, 2.45) is 17.1 Å². The highest BCUT2D eigenvalue weighted by molar-refractivity contribution is 7.80. The molecular formula is C13H22N2O2S. The first-order chi connectivity index (χ1) is 8.47. The quantitative estimate of drug-likeness (QED) is 0.769. The molecule has 2 fully saturated rings. The van der Waals surface area contributed by atoms with Gasteiger partial charge >= 0.3 is 0 Å². The van der Waals surface area contributed by atoms with Gasteiger partial charge in [0.2, 0.25) is 5.91 Å². The van der Waals surface area contributed by atoms with E-state index in [9.17, 15) is 4.79 Å². The van der Waals surface area contributed by atoms with E-state index in [2.05, 4.69) is 13.8 Å². The SMILES string of the molecule is CC1CC(C)N(C(=O)C2(C(N)=S)CCOCC2)C1. The summed E-state index contributed by atoms with van der Waals surface area (Å²) in [6, 6.07) is 0.293. The highest BCUT2D eigenvalue weighted by Crippen LogP contribution is 2.36. The first-order valence-electron chi connectivity index (χ1n) is 6.66. The van der Waals surface area contributed by atoms with Gasteiger partial charge in [-0.25, -0.2) is 0 Å². The number of likely N-dealkylation sites (tertiary alicyclic amines) is 1. The Morgan fingerprint density at radius 3 is 2.44 bits per heavy atom. The predicted octanol–water partition coefficient (Wildman–Crippen LogP) is 1.33. The largest absolute Gasteiger partial charge is 0.392 e. The predicted molar refractivity (Wildman–Crippen MR) is 74.2 cm³/mol. The van der Waals surface area contributed by atoms with Gasteiger partial charge in [0.1, 0.15) is 5.41 Å². The van der Waals surface area contributed by atoms with Crippen molar-refractivity contribution in [2.45, 2.75) is 39.2 Å². The van der Waals surface area contributed by atoms with Gasteiger partial charge in [-0.1, -0.05) is 19.1 Å². The third-order valence-corrected chi connectivity index (χ3v) is 4.66. The molecule has 0 saturated carbocycles. The molecule has 102 valence electrons. The molecule has 0 aromatic rings. The fourth-order valence-electron chi connectivity index (χ4n) is 3.14. The molecule has 0 spiro atoms. The second-order valence-electron chi connectivity index (χ2n) is 5.71. The standard InChI is InChI=1S/C13H22N2O2S/c1-9-7-10(2)15(8-9)12(16)13(11(14)18)3-5-17-6-4-13/h9-10H,3-8H2,1-2H3,(H2,14,18). The van der Waals surface area contributed by atoms with Gasteiger partial charge in [-0.15, -0.1) is 0 Å². The van der Waals surface area contributed by atoms with Crippen LogP contribution in [0.5, 0.6) is 0 Å². The number of ether oxygens (including phenoxy) is 1. The number of amides is 1. The summed E-state index contributed by atoms with van der Waals surface area (Å²) in [4.78, 5) is 15.1. The van der Waals surface area contributed by atoms with E-state index >= 15 is 0 Å². The first-order valence-corrected chi connectivity index (χ1v) is 7.07. The molecular weight excluding hydrogens is 248 g/mol. The van der Waals surface area contributed by atoms with E-state index in [4.69, 9.17) is 22.7 Å². The van der Waals surface area contributed by atoms with Gasteiger partial charge in [-0.05, 0) is 32.1 Å². The second-order valence-corrected chi connectivity index (χ2v) is 6.15. The molecule has 2 N–H and O–H groups in total. The monoisotopic (exact) mass is 270 g/mol. The number of carbonyl (C=O) groups is 1. The summed E-state index contributed by atoms with van der Waals surface area (Å²) in [6.45, 7) is 6.25. The molecule has 0 aromatic carbocycles. The van der Waals surface area contributed by atoms with Crippen molar-refractivity contribution in [1.82, 2.24) is 4.90 Å². The zero-order chi connectivity index (χ0) is 13.3.